The summed E-state index contributed by atoms with van der Waals surface area (Å²) in [6.45, 7) is 6.16. The smallest absolute Gasteiger partial charge is 0.418 e. The molecule has 0 saturated carbocycles. The van der Waals surface area contributed by atoms with Gasteiger partial charge in [0.05, 0.1) is 29.4 Å². The molecule has 5 heterocycles. The second kappa shape index (κ2) is 12.8. The highest BCUT2D eigenvalue weighted by Crippen LogP contribution is 2.37. The number of carboxylic acid groups (broad SMARTS) is 1. The number of oxime groups is 1. The van der Waals surface area contributed by atoms with Crippen molar-refractivity contribution in [2.45, 2.75) is 69.0 Å². The molecular formula is C30H38N9O10S2+. The van der Waals surface area contributed by atoms with Crippen molar-refractivity contribution in [3.63, 3.8) is 0 Å². The van der Waals surface area contributed by atoms with Gasteiger partial charge in [-0.25, -0.2) is 9.78 Å². The number of nitrogens with one attached hydrogen (secondary N) is 2. The van der Waals surface area contributed by atoms with Crippen LogP contribution in [0.25, 0.3) is 11.1 Å². The van der Waals surface area contributed by atoms with E-state index in [1.165, 1.54) is 26.2 Å². The van der Waals surface area contributed by atoms with Gasteiger partial charge in [-0.3, -0.25) is 14.1 Å². The van der Waals surface area contributed by atoms with Crippen molar-refractivity contribution in [3.8, 4) is 16.9 Å². The number of fused-ring (bicyclic) bond motifs is 1. The predicted octanol–water partition coefficient (Wildman–Crippen LogP) is -0.883. The van der Waals surface area contributed by atoms with E-state index in [9.17, 15) is 27.9 Å². The van der Waals surface area contributed by atoms with E-state index in [-0.39, 0.29) is 22.8 Å². The molecule has 2 saturated heterocycles. The first-order chi connectivity index (χ1) is 23.8. The zero-order valence-electron chi connectivity index (χ0n) is 28.0. The Kier molecular flexibility index (Phi) is 9.09. The van der Waals surface area contributed by atoms with Gasteiger partial charge >= 0.3 is 16.4 Å². The van der Waals surface area contributed by atoms with Crippen molar-refractivity contribution >= 4 is 50.4 Å². The van der Waals surface area contributed by atoms with Gasteiger partial charge in [-0.1, -0.05) is 11.2 Å². The zero-order valence-corrected chi connectivity index (χ0v) is 29.7. The Bertz CT molecular complexity index is 2040. The van der Waals surface area contributed by atoms with Crippen LogP contribution in [0, 0.1) is 0 Å². The van der Waals surface area contributed by atoms with Gasteiger partial charge in [-0.15, -0.1) is 20.3 Å². The van der Waals surface area contributed by atoms with Crippen LogP contribution in [0.5, 0.6) is 5.75 Å². The first kappa shape index (κ1) is 36.1. The Morgan fingerprint density at radius 3 is 2.63 bits per heavy atom. The van der Waals surface area contributed by atoms with Gasteiger partial charge in [-0.05, 0) is 56.9 Å². The number of amides is 2. The Labute approximate surface area is 296 Å². The molecule has 19 nitrogen and oxygen atoms in total. The quantitative estimate of drug-likeness (QED) is 0.0432. The Hall–Kier alpha value is -4.67. The third-order valence-corrected chi connectivity index (χ3v) is 10.3. The standard InChI is InChI=1S/C30H37N9O10S2/c1-28(2)23(25(41)39(28)49-51(44,45)46)35-24(40)22(19-12-50-27(31)34-19)36-48-29(3,26(42)43)21-8-6-17-9-16(5-7-20(17)47-21)18-10-37(4)38(11-18)15-30(32)13-33-14-30/h5,7,9-12,21,23,33H,6,8,13-15,32H2,1-4H3,(H4-,31,34,35,40,42,43,44,45,46)/p+1/b36-22-/t21-,23-,29?/m1/s1. The number of anilines is 1. The number of aliphatic carboxylic acids is 1. The molecule has 0 aliphatic carbocycles. The van der Waals surface area contributed by atoms with Crippen molar-refractivity contribution in [3.05, 3.63) is 47.2 Å². The SMILES string of the molecule is C[n+]1cc(-c2ccc3c(c2)CC[C@H](C(C)(O/N=C(\C(=O)N[C@@H]2C(=O)N(OS(=O)(=O)O)C2(C)C)c2csc(N)n2)C(=O)O)O3)cn1CC1(N)CNC1. The monoisotopic (exact) mass is 748 g/mol. The summed E-state index contributed by atoms with van der Waals surface area (Å²) in [7, 11) is -3.08. The fraction of sp³-hybridized carbons (Fsp3) is 0.467. The first-order valence-electron chi connectivity index (χ1n) is 15.7. The van der Waals surface area contributed by atoms with Crippen LogP contribution in [0.3, 0.4) is 0 Å². The van der Waals surface area contributed by atoms with Crippen LogP contribution in [0.2, 0.25) is 0 Å². The molecule has 0 spiro atoms. The van der Waals surface area contributed by atoms with Crippen LogP contribution in [0.4, 0.5) is 5.13 Å². The molecule has 1 unspecified atom stereocenters. The van der Waals surface area contributed by atoms with E-state index in [0.29, 0.717) is 23.8 Å². The van der Waals surface area contributed by atoms with Crippen LogP contribution >= 0.6 is 11.3 Å². The van der Waals surface area contributed by atoms with Crippen LogP contribution in [0.1, 0.15) is 38.4 Å². The number of nitrogens with zero attached hydrogens (tertiary/aromatic N) is 5. The van der Waals surface area contributed by atoms with E-state index in [0.717, 1.165) is 41.1 Å². The highest BCUT2D eigenvalue weighted by molar-refractivity contribution is 7.80. The molecule has 3 aliphatic heterocycles. The lowest BCUT2D eigenvalue weighted by atomic mass is 9.84. The fourth-order valence-electron chi connectivity index (χ4n) is 6.10. The molecule has 1 aromatic carbocycles. The molecule has 3 aromatic rings. The number of ether oxygens (including phenoxy) is 1. The summed E-state index contributed by atoms with van der Waals surface area (Å²) in [5.41, 5.74) is 10.6. The minimum absolute atomic E-state index is 0.0649. The van der Waals surface area contributed by atoms with Gasteiger partial charge in [0.1, 0.15) is 17.5 Å². The van der Waals surface area contributed by atoms with Crippen molar-refractivity contribution in [1.82, 2.24) is 25.4 Å². The second-order valence-corrected chi connectivity index (χ2v) is 15.4. The summed E-state index contributed by atoms with van der Waals surface area (Å²) in [6, 6.07) is 4.30. The largest absolute Gasteiger partial charge is 0.485 e. The number of hydrogen-bond donors (Lipinski definition) is 6. The summed E-state index contributed by atoms with van der Waals surface area (Å²) in [4.78, 5) is 48.5. The lowest BCUT2D eigenvalue weighted by Crippen LogP contribution is -2.76. The first-order valence-corrected chi connectivity index (χ1v) is 17.9. The molecular weight excluding hydrogens is 711 g/mol. The number of hydroxylamine groups is 2. The normalized spacial score (nSPS) is 22.1. The van der Waals surface area contributed by atoms with Gasteiger partial charge in [-0.2, -0.15) is 18.2 Å². The molecule has 2 aromatic heterocycles. The van der Waals surface area contributed by atoms with E-state index in [1.807, 2.05) is 36.3 Å². The number of β-lactam (4-membered cyclic amide) rings is 1. The second-order valence-electron chi connectivity index (χ2n) is 13.5. The number of nitrogen functional groups attached to an aromatic ring is 1. The van der Waals surface area contributed by atoms with Crippen LogP contribution in [0.15, 0.2) is 41.1 Å². The van der Waals surface area contributed by atoms with Gasteiger partial charge in [0.15, 0.2) is 24.0 Å². The van der Waals surface area contributed by atoms with Crippen molar-refractivity contribution in [1.29, 1.82) is 0 Å². The Balaban J connectivity index is 1.20. The van der Waals surface area contributed by atoms with E-state index in [1.54, 1.807) is 6.07 Å². The lowest BCUT2D eigenvalue weighted by Gasteiger charge is -2.50. The molecule has 0 radical (unpaired) electrons. The van der Waals surface area contributed by atoms with E-state index < -0.39 is 57.2 Å². The average Bonchev–Trinajstić information content (AvgIpc) is 3.64. The summed E-state index contributed by atoms with van der Waals surface area (Å²) in [6.07, 6.45) is 3.67. The van der Waals surface area contributed by atoms with Gasteiger partial charge in [0.25, 0.3) is 17.4 Å². The molecule has 0 bridgehead atoms. The number of carbonyl (C=O) groups is 3. The van der Waals surface area contributed by atoms with Crippen molar-refractivity contribution < 1.29 is 51.0 Å². The molecule has 3 aliphatic rings. The third-order valence-electron chi connectivity index (χ3n) is 9.26. The molecule has 21 heteroatoms. The minimum atomic E-state index is -5.03. The van der Waals surface area contributed by atoms with Gasteiger partial charge < -0.3 is 36.8 Å². The third kappa shape index (κ3) is 6.99. The number of aryl methyl sites for hydroxylation is 2. The molecule has 6 rings (SSSR count). The summed E-state index contributed by atoms with van der Waals surface area (Å²) in [5.74, 6) is -2.96. The van der Waals surface area contributed by atoms with Gasteiger partial charge in [0, 0.05) is 18.5 Å². The molecule has 3 atom stereocenters. The lowest BCUT2D eigenvalue weighted by molar-refractivity contribution is -0.754. The minimum Gasteiger partial charge on any atom is -0.485 e. The van der Waals surface area contributed by atoms with E-state index in [4.69, 9.17) is 25.6 Å². The van der Waals surface area contributed by atoms with Crippen molar-refractivity contribution in [2.24, 2.45) is 17.9 Å². The topological polar surface area (TPSA) is 267 Å². The zero-order chi connectivity index (χ0) is 37.1. The highest BCUT2D eigenvalue weighted by atomic mass is 32.3. The average molecular weight is 749 g/mol. The summed E-state index contributed by atoms with van der Waals surface area (Å²) >= 11 is 0.972. The highest BCUT2D eigenvalue weighted by Gasteiger charge is 2.58. The summed E-state index contributed by atoms with van der Waals surface area (Å²) in [5, 5.41) is 21.7. The molecule has 274 valence electrons. The maximum atomic E-state index is 13.5. The maximum Gasteiger partial charge on any atom is 0.418 e. The predicted molar refractivity (Wildman–Crippen MR) is 179 cm³/mol. The Morgan fingerprint density at radius 2 is 2.04 bits per heavy atom. The Morgan fingerprint density at radius 1 is 1.31 bits per heavy atom. The number of carboxylic acids is 1. The van der Waals surface area contributed by atoms with Gasteiger partial charge in [0.2, 0.25) is 6.20 Å². The van der Waals surface area contributed by atoms with E-state index >= 15 is 0 Å². The number of rotatable bonds is 12. The molecule has 2 fully saturated rings. The number of thiazole rings is 1. The molecule has 8 N–H and O–H groups in total. The van der Waals surface area contributed by atoms with Crippen LogP contribution < -0.4 is 31.5 Å². The van der Waals surface area contributed by atoms with Crippen molar-refractivity contribution in [2.75, 3.05) is 18.8 Å². The number of benzene rings is 1. The molecule has 2 amide bonds. The maximum absolute atomic E-state index is 13.5. The molecule has 51 heavy (non-hydrogen) atoms. The number of nitrogens with two attached hydrogens (primary N) is 2. The summed E-state index contributed by atoms with van der Waals surface area (Å²) < 4.78 is 45.9. The van der Waals surface area contributed by atoms with E-state index in [2.05, 4.69) is 29.7 Å². The number of carbonyl (C=O) groups excluding carboxylic acids is 2. The number of hydrogen-bond acceptors (Lipinski definition) is 14. The van der Waals surface area contributed by atoms with Crippen LogP contribution in [-0.4, -0.2) is 98.2 Å². The number of aromatic nitrogens is 3. The van der Waals surface area contributed by atoms with Crippen LogP contribution in [-0.2, 0) is 53.9 Å². The fourth-order valence-corrected chi connectivity index (χ4v) is 7.10.